The van der Waals surface area contributed by atoms with Crippen LogP contribution in [-0.4, -0.2) is 24.0 Å². The van der Waals surface area contributed by atoms with Gasteiger partial charge in [0.1, 0.15) is 5.75 Å². The summed E-state index contributed by atoms with van der Waals surface area (Å²) >= 11 is 0. The fourth-order valence-corrected chi connectivity index (χ4v) is 1.70. The van der Waals surface area contributed by atoms with E-state index in [2.05, 4.69) is 16.9 Å². The number of nitrogens with one attached hydrogen (secondary N) is 2. The summed E-state index contributed by atoms with van der Waals surface area (Å²) in [6.45, 7) is 3.81. The molecule has 1 amide bonds. The Morgan fingerprint density at radius 1 is 1.37 bits per heavy atom. The molecule has 1 heterocycles. The van der Waals surface area contributed by atoms with Crippen molar-refractivity contribution in [1.29, 1.82) is 0 Å². The minimum atomic E-state index is -0.234. The van der Waals surface area contributed by atoms with Crippen LogP contribution in [0.4, 0.5) is 0 Å². The molecule has 0 aliphatic carbocycles. The van der Waals surface area contributed by atoms with Gasteiger partial charge in [-0.25, -0.2) is 0 Å². The fraction of sp³-hybridized carbons (Fsp3) is 0.143. The van der Waals surface area contributed by atoms with E-state index in [1.807, 2.05) is 0 Å². The van der Waals surface area contributed by atoms with Crippen LogP contribution < -0.4 is 15.6 Å². The predicted octanol–water partition coefficient (Wildman–Crippen LogP) is 1.21. The number of carbonyl (C=O) groups is 1. The second-order valence-electron chi connectivity index (χ2n) is 3.91. The van der Waals surface area contributed by atoms with Crippen LogP contribution in [0.3, 0.4) is 0 Å². The van der Waals surface area contributed by atoms with E-state index in [4.69, 9.17) is 4.74 Å². The molecular weight excluding hydrogens is 244 g/mol. The Hall–Kier alpha value is -2.56. The lowest BCUT2D eigenvalue weighted by Crippen LogP contribution is -2.28. The third-order valence-corrected chi connectivity index (χ3v) is 2.58. The summed E-state index contributed by atoms with van der Waals surface area (Å²) in [6, 6.07) is 6.89. The molecule has 5 heteroatoms. The lowest BCUT2D eigenvalue weighted by molar-refractivity contribution is -0.122. The van der Waals surface area contributed by atoms with Crippen molar-refractivity contribution in [3.63, 3.8) is 0 Å². The number of aromatic nitrogens is 1. The Balaban J connectivity index is 2.17. The zero-order valence-electron chi connectivity index (χ0n) is 10.3. The van der Waals surface area contributed by atoms with Gasteiger partial charge in [0, 0.05) is 18.1 Å². The highest BCUT2D eigenvalue weighted by atomic mass is 16.5. The normalized spacial score (nSPS) is 10.1. The molecule has 2 N–H and O–H groups in total. The highest BCUT2D eigenvalue weighted by Gasteiger charge is 2.06. The summed E-state index contributed by atoms with van der Waals surface area (Å²) in [7, 11) is 0. The summed E-state index contributed by atoms with van der Waals surface area (Å²) in [4.78, 5) is 25.6. The Morgan fingerprint density at radius 2 is 2.21 bits per heavy atom. The van der Waals surface area contributed by atoms with E-state index in [1.165, 1.54) is 0 Å². The number of carbonyl (C=O) groups excluding carboxylic acids is 1. The third kappa shape index (κ3) is 3.01. The van der Waals surface area contributed by atoms with Crippen LogP contribution >= 0.6 is 0 Å². The summed E-state index contributed by atoms with van der Waals surface area (Å²) in [5.41, 5.74) is -0.181. The van der Waals surface area contributed by atoms with E-state index in [0.717, 1.165) is 0 Å². The molecule has 1 aromatic carbocycles. The van der Waals surface area contributed by atoms with Gasteiger partial charge in [-0.05, 0) is 18.2 Å². The summed E-state index contributed by atoms with van der Waals surface area (Å²) in [5.74, 6) is 0.277. The molecule has 5 nitrogen and oxygen atoms in total. The van der Waals surface area contributed by atoms with Crippen LogP contribution in [0.2, 0.25) is 0 Å². The molecule has 0 spiro atoms. The van der Waals surface area contributed by atoms with Gasteiger partial charge >= 0.3 is 0 Å². The van der Waals surface area contributed by atoms with Crippen molar-refractivity contribution in [3.8, 4) is 5.75 Å². The van der Waals surface area contributed by atoms with Crippen molar-refractivity contribution in [1.82, 2.24) is 10.3 Å². The standard InChI is InChI=1S/C14H14N2O3/c1-2-7-15-13(17)9-19-12-5-3-4-11-10(12)6-8-16-14(11)18/h2-6,8H,1,7,9H2,(H,15,17)(H,16,18). The average Bonchev–Trinajstić information content (AvgIpc) is 2.43. The largest absolute Gasteiger partial charge is 0.483 e. The molecule has 0 unspecified atom stereocenters. The first-order valence-electron chi connectivity index (χ1n) is 5.83. The number of aromatic amines is 1. The Bertz CT molecular complexity index is 661. The molecule has 0 saturated carbocycles. The molecule has 2 rings (SSSR count). The SMILES string of the molecule is C=CCNC(=O)COc1cccc2c(=O)[nH]ccc12. The number of rotatable bonds is 5. The Kier molecular flexibility index (Phi) is 3.97. The first kappa shape index (κ1) is 12.9. The van der Waals surface area contributed by atoms with Gasteiger partial charge in [0.15, 0.2) is 6.61 Å². The molecular formula is C14H14N2O3. The van der Waals surface area contributed by atoms with Crippen LogP contribution in [0.1, 0.15) is 0 Å². The summed E-state index contributed by atoms with van der Waals surface area (Å²) in [5, 5.41) is 3.83. The first-order valence-corrected chi connectivity index (χ1v) is 5.83. The number of ether oxygens (including phenoxy) is 1. The van der Waals surface area contributed by atoms with Crippen LogP contribution in [0, 0.1) is 0 Å². The van der Waals surface area contributed by atoms with Crippen molar-refractivity contribution >= 4 is 16.7 Å². The zero-order valence-corrected chi connectivity index (χ0v) is 10.3. The first-order chi connectivity index (χ1) is 9.22. The number of hydrogen-bond acceptors (Lipinski definition) is 3. The maximum atomic E-state index is 11.6. The quantitative estimate of drug-likeness (QED) is 0.792. The maximum absolute atomic E-state index is 11.6. The van der Waals surface area contributed by atoms with E-state index in [9.17, 15) is 9.59 Å². The molecule has 0 aliphatic heterocycles. The second-order valence-corrected chi connectivity index (χ2v) is 3.91. The van der Waals surface area contributed by atoms with E-state index in [-0.39, 0.29) is 18.1 Å². The molecule has 98 valence electrons. The monoisotopic (exact) mass is 258 g/mol. The van der Waals surface area contributed by atoms with Gasteiger partial charge in [-0.3, -0.25) is 9.59 Å². The molecule has 0 atom stereocenters. The highest BCUT2D eigenvalue weighted by Crippen LogP contribution is 2.22. The smallest absolute Gasteiger partial charge is 0.258 e. The zero-order chi connectivity index (χ0) is 13.7. The average molecular weight is 258 g/mol. The highest BCUT2D eigenvalue weighted by molar-refractivity contribution is 5.87. The van der Waals surface area contributed by atoms with Crippen LogP contribution in [0.5, 0.6) is 5.75 Å². The van der Waals surface area contributed by atoms with Crippen molar-refractivity contribution in [2.45, 2.75) is 0 Å². The van der Waals surface area contributed by atoms with Crippen molar-refractivity contribution in [3.05, 3.63) is 53.5 Å². The van der Waals surface area contributed by atoms with Gasteiger partial charge in [0.25, 0.3) is 11.5 Å². The van der Waals surface area contributed by atoms with E-state index < -0.39 is 0 Å². The van der Waals surface area contributed by atoms with Crippen LogP contribution in [0.15, 0.2) is 47.9 Å². The van der Waals surface area contributed by atoms with Gasteiger partial charge in [0.2, 0.25) is 0 Å². The number of benzene rings is 1. The van der Waals surface area contributed by atoms with Gasteiger partial charge in [-0.1, -0.05) is 12.1 Å². The van der Waals surface area contributed by atoms with Gasteiger partial charge in [-0.2, -0.15) is 0 Å². The molecule has 0 bridgehead atoms. The molecule has 0 saturated heterocycles. The molecule has 19 heavy (non-hydrogen) atoms. The number of amides is 1. The van der Waals surface area contributed by atoms with Gasteiger partial charge < -0.3 is 15.0 Å². The predicted molar refractivity (Wildman–Crippen MR) is 73.3 cm³/mol. The summed E-state index contributed by atoms with van der Waals surface area (Å²) < 4.78 is 5.43. The molecule has 0 radical (unpaired) electrons. The third-order valence-electron chi connectivity index (χ3n) is 2.58. The fourth-order valence-electron chi connectivity index (χ4n) is 1.70. The summed E-state index contributed by atoms with van der Waals surface area (Å²) in [6.07, 6.45) is 3.14. The van der Waals surface area contributed by atoms with Crippen LogP contribution in [-0.2, 0) is 4.79 Å². The lowest BCUT2D eigenvalue weighted by Gasteiger charge is -2.08. The van der Waals surface area contributed by atoms with Gasteiger partial charge in [0.05, 0.1) is 5.39 Å². The van der Waals surface area contributed by atoms with E-state index >= 15 is 0 Å². The Labute approximate surface area is 109 Å². The number of H-pyrrole nitrogens is 1. The molecule has 2 aromatic rings. The van der Waals surface area contributed by atoms with E-state index in [1.54, 1.807) is 36.5 Å². The minimum absolute atomic E-state index is 0.0975. The number of hydrogen-bond donors (Lipinski definition) is 2. The molecule has 0 aliphatic rings. The molecule has 1 aromatic heterocycles. The topological polar surface area (TPSA) is 71.2 Å². The second kappa shape index (κ2) is 5.86. The lowest BCUT2D eigenvalue weighted by atomic mass is 10.1. The van der Waals surface area contributed by atoms with E-state index in [0.29, 0.717) is 23.1 Å². The van der Waals surface area contributed by atoms with Crippen molar-refractivity contribution in [2.24, 2.45) is 0 Å². The van der Waals surface area contributed by atoms with Gasteiger partial charge in [-0.15, -0.1) is 6.58 Å². The van der Waals surface area contributed by atoms with Crippen LogP contribution in [0.25, 0.3) is 10.8 Å². The number of fused-ring (bicyclic) bond motifs is 1. The Morgan fingerprint density at radius 3 is 3.00 bits per heavy atom. The van der Waals surface area contributed by atoms with Crippen molar-refractivity contribution < 1.29 is 9.53 Å². The number of pyridine rings is 1. The van der Waals surface area contributed by atoms with Crippen molar-refractivity contribution in [2.75, 3.05) is 13.2 Å². The maximum Gasteiger partial charge on any atom is 0.258 e. The minimum Gasteiger partial charge on any atom is -0.483 e. The molecule has 0 fully saturated rings.